The molecule has 0 aromatic carbocycles. The zero-order valence-electron chi connectivity index (χ0n) is 7.83. The molecule has 77 valence electrons. The van der Waals surface area contributed by atoms with Crippen molar-refractivity contribution < 1.29 is 8.42 Å². The van der Waals surface area contributed by atoms with Gasteiger partial charge in [0.2, 0.25) is 10.0 Å². The van der Waals surface area contributed by atoms with Gasteiger partial charge in [0.1, 0.15) is 0 Å². The molecule has 4 nitrogen and oxygen atoms in total. The second kappa shape index (κ2) is 4.93. The van der Waals surface area contributed by atoms with Gasteiger partial charge in [-0.25, -0.2) is 8.42 Å². The van der Waals surface area contributed by atoms with Gasteiger partial charge in [-0.3, -0.25) is 0 Å². The lowest BCUT2D eigenvalue weighted by Gasteiger charge is -2.25. The number of nitrogens with zero attached hydrogens (tertiary/aromatic N) is 1. The number of rotatable bonds is 4. The van der Waals surface area contributed by atoms with Crippen molar-refractivity contribution in [3.8, 4) is 0 Å². The maximum Gasteiger partial charge on any atom is 0.225 e. The summed E-state index contributed by atoms with van der Waals surface area (Å²) in [4.78, 5) is 2.29. The van der Waals surface area contributed by atoms with E-state index < -0.39 is 10.0 Å². The van der Waals surface area contributed by atoms with Gasteiger partial charge in [0.15, 0.2) is 0 Å². The number of nitrogens with one attached hydrogen (secondary N) is 1. The largest absolute Gasteiger partial charge is 0.303 e. The second-order valence-corrected chi connectivity index (χ2v) is 5.21. The first-order chi connectivity index (χ1) is 6.08. The van der Waals surface area contributed by atoms with Crippen LogP contribution in [-0.2, 0) is 10.0 Å². The van der Waals surface area contributed by atoms with E-state index in [0.29, 0.717) is 6.42 Å². The Balaban J connectivity index is 2.11. The SMILES string of the molecule is [NH]S(=O)(=O)CCCN1CCCCC1. The maximum atomic E-state index is 10.5. The predicted molar refractivity (Wildman–Crippen MR) is 51.8 cm³/mol. The number of hydrogen-bond donors (Lipinski definition) is 0. The highest BCUT2D eigenvalue weighted by molar-refractivity contribution is 7.88. The fraction of sp³-hybridized carbons (Fsp3) is 1.00. The molecule has 0 aromatic heterocycles. The molecular formula is C8H17N2O2S. The molecule has 1 fully saturated rings. The molecule has 1 aliphatic heterocycles. The van der Waals surface area contributed by atoms with Gasteiger partial charge in [-0.05, 0) is 38.9 Å². The third kappa shape index (κ3) is 5.23. The van der Waals surface area contributed by atoms with E-state index >= 15 is 0 Å². The summed E-state index contributed by atoms with van der Waals surface area (Å²) in [6, 6.07) is 0. The summed E-state index contributed by atoms with van der Waals surface area (Å²) in [5.41, 5.74) is 0. The van der Waals surface area contributed by atoms with E-state index in [9.17, 15) is 8.42 Å². The number of likely N-dealkylation sites (tertiary alicyclic amines) is 1. The lowest BCUT2D eigenvalue weighted by Crippen LogP contribution is -2.31. The van der Waals surface area contributed by atoms with Crippen molar-refractivity contribution in [1.29, 1.82) is 0 Å². The predicted octanol–water partition coefficient (Wildman–Crippen LogP) is 0.475. The number of piperidine rings is 1. The van der Waals surface area contributed by atoms with Crippen molar-refractivity contribution in [2.24, 2.45) is 0 Å². The van der Waals surface area contributed by atoms with E-state index in [2.05, 4.69) is 4.90 Å². The molecule has 1 saturated heterocycles. The van der Waals surface area contributed by atoms with Crippen LogP contribution in [0.15, 0.2) is 0 Å². The first kappa shape index (κ1) is 10.9. The van der Waals surface area contributed by atoms with Gasteiger partial charge in [0.25, 0.3) is 0 Å². The first-order valence-electron chi connectivity index (χ1n) is 4.77. The normalized spacial score (nSPS) is 20.4. The fourth-order valence-electron chi connectivity index (χ4n) is 1.66. The summed E-state index contributed by atoms with van der Waals surface area (Å²) >= 11 is 0. The second-order valence-electron chi connectivity index (χ2n) is 3.57. The molecule has 0 aliphatic carbocycles. The van der Waals surface area contributed by atoms with E-state index in [1.807, 2.05) is 0 Å². The highest BCUT2D eigenvalue weighted by Crippen LogP contribution is 2.08. The monoisotopic (exact) mass is 205 g/mol. The molecule has 1 rings (SSSR count). The molecule has 13 heavy (non-hydrogen) atoms. The van der Waals surface area contributed by atoms with Crippen molar-refractivity contribution in [1.82, 2.24) is 10.0 Å². The van der Waals surface area contributed by atoms with Gasteiger partial charge >= 0.3 is 0 Å². The molecule has 0 bridgehead atoms. The molecule has 0 saturated carbocycles. The van der Waals surface area contributed by atoms with Crippen LogP contribution in [0.3, 0.4) is 0 Å². The van der Waals surface area contributed by atoms with Gasteiger partial charge in [-0.2, -0.15) is 0 Å². The van der Waals surface area contributed by atoms with Gasteiger partial charge in [0.05, 0.1) is 5.75 Å². The Hall–Kier alpha value is -0.130. The summed E-state index contributed by atoms with van der Waals surface area (Å²) in [6.45, 7) is 3.02. The zero-order valence-corrected chi connectivity index (χ0v) is 8.65. The van der Waals surface area contributed by atoms with Crippen LogP contribution in [0.2, 0.25) is 0 Å². The lowest BCUT2D eigenvalue weighted by molar-refractivity contribution is 0.229. The quantitative estimate of drug-likeness (QED) is 0.670. The van der Waals surface area contributed by atoms with Crippen LogP contribution in [0.1, 0.15) is 25.7 Å². The Bertz CT molecular complexity index is 233. The van der Waals surface area contributed by atoms with Gasteiger partial charge in [-0.15, -0.1) is 5.14 Å². The topological polar surface area (TPSA) is 61.2 Å². The van der Waals surface area contributed by atoms with E-state index in [4.69, 9.17) is 5.14 Å². The Morgan fingerprint density at radius 1 is 1.15 bits per heavy atom. The minimum Gasteiger partial charge on any atom is -0.303 e. The summed E-state index contributed by atoms with van der Waals surface area (Å²) in [5.74, 6) is 0.00347. The molecule has 1 N–H and O–H groups in total. The van der Waals surface area contributed by atoms with Crippen molar-refractivity contribution in [2.45, 2.75) is 25.7 Å². The molecule has 0 atom stereocenters. The van der Waals surface area contributed by atoms with Gasteiger partial charge in [-0.1, -0.05) is 6.42 Å². The van der Waals surface area contributed by atoms with Gasteiger partial charge in [0, 0.05) is 0 Å². The lowest BCUT2D eigenvalue weighted by atomic mass is 10.1. The third-order valence-electron chi connectivity index (χ3n) is 2.34. The summed E-state index contributed by atoms with van der Waals surface area (Å²) in [6.07, 6.45) is 4.36. The summed E-state index contributed by atoms with van der Waals surface area (Å²) < 4.78 is 21.0. The minimum absolute atomic E-state index is 0.00347. The first-order valence-corrected chi connectivity index (χ1v) is 6.43. The Morgan fingerprint density at radius 3 is 2.31 bits per heavy atom. The van der Waals surface area contributed by atoms with Crippen molar-refractivity contribution in [3.05, 3.63) is 0 Å². The average Bonchev–Trinajstić information content (AvgIpc) is 2.04. The molecule has 1 radical (unpaired) electrons. The Kier molecular flexibility index (Phi) is 4.15. The zero-order chi connectivity index (χ0) is 9.73. The van der Waals surface area contributed by atoms with Crippen LogP contribution >= 0.6 is 0 Å². The third-order valence-corrected chi connectivity index (χ3v) is 3.16. The fourth-order valence-corrected chi connectivity index (χ4v) is 2.17. The van der Waals surface area contributed by atoms with Crippen molar-refractivity contribution in [3.63, 3.8) is 0 Å². The highest BCUT2D eigenvalue weighted by atomic mass is 32.2. The van der Waals surface area contributed by atoms with Crippen LogP contribution in [0, 0.1) is 0 Å². The smallest absolute Gasteiger partial charge is 0.225 e. The molecule has 1 aliphatic rings. The van der Waals surface area contributed by atoms with E-state index in [-0.39, 0.29) is 5.75 Å². The van der Waals surface area contributed by atoms with Crippen molar-refractivity contribution >= 4 is 10.0 Å². The molecule has 1 heterocycles. The van der Waals surface area contributed by atoms with Crippen LogP contribution in [0.5, 0.6) is 0 Å². The van der Waals surface area contributed by atoms with Gasteiger partial charge < -0.3 is 4.90 Å². The van der Waals surface area contributed by atoms with Crippen LogP contribution < -0.4 is 5.14 Å². The Labute approximate surface area is 80.1 Å². The Morgan fingerprint density at radius 2 is 1.77 bits per heavy atom. The van der Waals surface area contributed by atoms with Crippen molar-refractivity contribution in [2.75, 3.05) is 25.4 Å². The van der Waals surface area contributed by atoms with Crippen LogP contribution in [-0.4, -0.2) is 38.7 Å². The molecule has 0 unspecified atom stereocenters. The van der Waals surface area contributed by atoms with Crippen LogP contribution in [0.25, 0.3) is 0 Å². The van der Waals surface area contributed by atoms with E-state index in [1.54, 1.807) is 0 Å². The average molecular weight is 205 g/mol. The van der Waals surface area contributed by atoms with E-state index in [1.165, 1.54) is 19.3 Å². The molecule has 0 amide bonds. The minimum atomic E-state index is -3.50. The highest BCUT2D eigenvalue weighted by Gasteiger charge is 2.10. The number of hydrogen-bond acceptors (Lipinski definition) is 3. The summed E-state index contributed by atoms with van der Waals surface area (Å²) in [5, 5.41) is 6.70. The summed E-state index contributed by atoms with van der Waals surface area (Å²) in [7, 11) is -3.50. The molecule has 0 spiro atoms. The number of sulfonamides is 1. The molecule has 5 heteroatoms. The maximum absolute atomic E-state index is 10.5. The van der Waals surface area contributed by atoms with Crippen LogP contribution in [0.4, 0.5) is 0 Å². The standard InChI is InChI=1S/C8H17N2O2S/c9-13(11,12)8-4-7-10-5-2-1-3-6-10/h9H,1-8H2. The molecule has 0 aromatic rings. The van der Waals surface area contributed by atoms with E-state index in [0.717, 1.165) is 19.6 Å². The molecular weight excluding hydrogens is 188 g/mol.